The van der Waals surface area contributed by atoms with E-state index in [1.165, 1.54) is 6.07 Å². The molecule has 0 aliphatic carbocycles. The molecule has 1 saturated heterocycles. The van der Waals surface area contributed by atoms with E-state index in [2.05, 4.69) is 10.4 Å². The lowest BCUT2D eigenvalue weighted by molar-refractivity contribution is -0.389. The molecule has 10 heteroatoms. The summed E-state index contributed by atoms with van der Waals surface area (Å²) in [4.78, 5) is 10.7. The number of hydrogen-bond donors (Lipinski definition) is 1. The fourth-order valence-corrected chi connectivity index (χ4v) is 5.53. The number of sulfonamides is 1. The van der Waals surface area contributed by atoms with Crippen LogP contribution in [0.4, 0.5) is 5.82 Å². The van der Waals surface area contributed by atoms with Crippen LogP contribution in [0.25, 0.3) is 0 Å². The van der Waals surface area contributed by atoms with Crippen LogP contribution in [0.15, 0.2) is 35.2 Å². The second kappa shape index (κ2) is 9.67. The molecule has 0 radical (unpaired) electrons. The van der Waals surface area contributed by atoms with Gasteiger partial charge in [-0.15, -0.1) is 0 Å². The van der Waals surface area contributed by atoms with Gasteiger partial charge in [0.25, 0.3) is 0 Å². The molecule has 0 amide bonds. The van der Waals surface area contributed by atoms with Gasteiger partial charge >= 0.3 is 5.82 Å². The summed E-state index contributed by atoms with van der Waals surface area (Å²) in [6.07, 6.45) is 2.90. The standard InChI is InChI=1S/C20H29N5O4S/c1-3-17-5-7-19(8-6-17)30(28,29)24(18-9-11-21-12-10-18)14-4-13-23-16(2)15-20(22-23)25(26)27/h5-8,15,18,21H,3-4,9-14H2,1-2H3. The summed E-state index contributed by atoms with van der Waals surface area (Å²) in [5.41, 5.74) is 1.78. The Morgan fingerprint density at radius 1 is 1.27 bits per heavy atom. The summed E-state index contributed by atoms with van der Waals surface area (Å²) >= 11 is 0. The van der Waals surface area contributed by atoms with Gasteiger partial charge in [0.15, 0.2) is 0 Å². The van der Waals surface area contributed by atoms with Crippen molar-refractivity contribution in [2.45, 2.75) is 57.0 Å². The fraction of sp³-hybridized carbons (Fsp3) is 0.550. The predicted octanol–water partition coefficient (Wildman–Crippen LogP) is 2.50. The van der Waals surface area contributed by atoms with Crippen molar-refractivity contribution >= 4 is 15.8 Å². The van der Waals surface area contributed by atoms with Crippen LogP contribution in [0, 0.1) is 17.0 Å². The number of piperidine rings is 1. The lowest BCUT2D eigenvalue weighted by Crippen LogP contribution is -2.46. The van der Waals surface area contributed by atoms with Gasteiger partial charge in [0, 0.05) is 12.6 Å². The number of nitrogens with one attached hydrogen (secondary N) is 1. The molecule has 0 saturated carbocycles. The van der Waals surface area contributed by atoms with Gasteiger partial charge in [0.05, 0.1) is 28.3 Å². The topological polar surface area (TPSA) is 110 Å². The summed E-state index contributed by atoms with van der Waals surface area (Å²) in [6, 6.07) is 8.46. The largest absolute Gasteiger partial charge is 0.390 e. The third-order valence-corrected chi connectivity index (χ3v) is 7.52. The molecule has 0 bridgehead atoms. The molecule has 1 fully saturated rings. The van der Waals surface area contributed by atoms with Gasteiger partial charge < -0.3 is 15.4 Å². The van der Waals surface area contributed by atoms with Gasteiger partial charge in [0.2, 0.25) is 10.0 Å². The first-order valence-corrected chi connectivity index (χ1v) is 11.8. The first-order chi connectivity index (χ1) is 14.3. The van der Waals surface area contributed by atoms with Crippen molar-refractivity contribution in [3.05, 3.63) is 51.7 Å². The van der Waals surface area contributed by atoms with Crippen LogP contribution in [0.3, 0.4) is 0 Å². The smallest absolute Gasteiger partial charge is 0.358 e. The molecule has 0 spiro atoms. The molecule has 164 valence electrons. The Morgan fingerprint density at radius 2 is 1.93 bits per heavy atom. The number of rotatable bonds is 9. The quantitative estimate of drug-likeness (QED) is 0.479. The van der Waals surface area contributed by atoms with Crippen LogP contribution in [0.1, 0.15) is 37.4 Å². The Morgan fingerprint density at radius 3 is 2.50 bits per heavy atom. The van der Waals surface area contributed by atoms with E-state index >= 15 is 0 Å². The molecule has 9 nitrogen and oxygen atoms in total. The average molecular weight is 436 g/mol. The number of aromatic nitrogens is 2. The van der Waals surface area contributed by atoms with E-state index in [1.807, 2.05) is 19.1 Å². The Labute approximate surface area is 177 Å². The molecule has 1 aliphatic rings. The monoisotopic (exact) mass is 435 g/mol. The molecule has 1 aromatic heterocycles. The zero-order chi connectivity index (χ0) is 21.7. The second-order valence-corrected chi connectivity index (χ2v) is 9.46. The van der Waals surface area contributed by atoms with Crippen molar-refractivity contribution < 1.29 is 13.3 Å². The van der Waals surface area contributed by atoms with E-state index in [0.29, 0.717) is 30.1 Å². The number of nitrogens with zero attached hydrogens (tertiary/aromatic N) is 4. The average Bonchev–Trinajstić information content (AvgIpc) is 3.12. The van der Waals surface area contributed by atoms with Crippen molar-refractivity contribution in [1.29, 1.82) is 0 Å². The number of hydrogen-bond acceptors (Lipinski definition) is 6. The highest BCUT2D eigenvalue weighted by Gasteiger charge is 2.32. The van der Waals surface area contributed by atoms with Gasteiger partial charge in [-0.1, -0.05) is 19.1 Å². The van der Waals surface area contributed by atoms with Crippen LogP contribution >= 0.6 is 0 Å². The Balaban J connectivity index is 1.77. The SMILES string of the molecule is CCc1ccc(S(=O)(=O)N(CCCn2nc([N+](=O)[O-])cc2C)C2CCNCC2)cc1. The summed E-state index contributed by atoms with van der Waals surface area (Å²) in [7, 11) is -3.63. The minimum absolute atomic E-state index is 0.0600. The summed E-state index contributed by atoms with van der Waals surface area (Å²) in [6.45, 7) is 6.13. The Bertz CT molecular complexity index is 966. The highest BCUT2D eigenvalue weighted by Crippen LogP contribution is 2.24. The van der Waals surface area contributed by atoms with Crippen LogP contribution in [-0.4, -0.2) is 53.1 Å². The zero-order valence-electron chi connectivity index (χ0n) is 17.5. The van der Waals surface area contributed by atoms with Crippen molar-refractivity contribution in [1.82, 2.24) is 19.4 Å². The summed E-state index contributed by atoms with van der Waals surface area (Å²) in [5, 5.41) is 18.2. The molecule has 3 rings (SSSR count). The maximum absolute atomic E-state index is 13.4. The van der Waals surface area contributed by atoms with Crippen molar-refractivity contribution in [3.8, 4) is 0 Å². The normalized spacial score (nSPS) is 15.6. The molecule has 0 unspecified atom stereocenters. The Kier molecular flexibility index (Phi) is 7.22. The van der Waals surface area contributed by atoms with Crippen molar-refractivity contribution in [3.63, 3.8) is 0 Å². The molecular weight excluding hydrogens is 406 g/mol. The molecule has 1 aliphatic heterocycles. The Hall–Kier alpha value is -2.30. The predicted molar refractivity (Wildman–Crippen MR) is 114 cm³/mol. The molecule has 0 atom stereocenters. The molecule has 2 heterocycles. The fourth-order valence-electron chi connectivity index (χ4n) is 3.81. The first-order valence-electron chi connectivity index (χ1n) is 10.3. The number of benzene rings is 1. The lowest BCUT2D eigenvalue weighted by Gasteiger charge is -2.33. The van der Waals surface area contributed by atoms with E-state index in [-0.39, 0.29) is 11.9 Å². The maximum atomic E-state index is 13.4. The molecule has 2 aromatic rings. The van der Waals surface area contributed by atoms with Crippen LogP contribution < -0.4 is 5.32 Å². The van der Waals surface area contributed by atoms with E-state index < -0.39 is 14.9 Å². The third-order valence-electron chi connectivity index (χ3n) is 5.56. The summed E-state index contributed by atoms with van der Waals surface area (Å²) in [5.74, 6) is -0.189. The van der Waals surface area contributed by atoms with E-state index in [4.69, 9.17) is 0 Å². The van der Waals surface area contributed by atoms with Gasteiger partial charge in [-0.3, -0.25) is 0 Å². The van der Waals surface area contributed by atoms with Gasteiger partial charge in [-0.05, 0) is 68.3 Å². The summed E-state index contributed by atoms with van der Waals surface area (Å²) < 4.78 is 30.0. The van der Waals surface area contributed by atoms with Crippen molar-refractivity contribution in [2.75, 3.05) is 19.6 Å². The van der Waals surface area contributed by atoms with Gasteiger partial charge in [0.1, 0.15) is 0 Å². The number of aryl methyl sites for hydroxylation is 3. The van der Waals surface area contributed by atoms with E-state index in [9.17, 15) is 18.5 Å². The second-order valence-electron chi connectivity index (χ2n) is 7.57. The van der Waals surface area contributed by atoms with E-state index in [0.717, 1.165) is 37.9 Å². The third kappa shape index (κ3) is 5.05. The number of nitro groups is 1. The maximum Gasteiger partial charge on any atom is 0.390 e. The molecular formula is C20H29N5O4S. The molecule has 1 N–H and O–H groups in total. The van der Waals surface area contributed by atoms with Crippen LogP contribution in [0.5, 0.6) is 0 Å². The van der Waals surface area contributed by atoms with Gasteiger partial charge in [-0.2, -0.15) is 8.99 Å². The minimum atomic E-state index is -3.63. The lowest BCUT2D eigenvalue weighted by atomic mass is 10.1. The first kappa shape index (κ1) is 22.4. The van der Waals surface area contributed by atoms with Crippen molar-refractivity contribution in [2.24, 2.45) is 0 Å². The van der Waals surface area contributed by atoms with E-state index in [1.54, 1.807) is 28.0 Å². The highest BCUT2D eigenvalue weighted by molar-refractivity contribution is 7.89. The van der Waals surface area contributed by atoms with Crippen LogP contribution in [0.2, 0.25) is 0 Å². The highest BCUT2D eigenvalue weighted by atomic mass is 32.2. The minimum Gasteiger partial charge on any atom is -0.358 e. The molecule has 1 aromatic carbocycles. The van der Waals surface area contributed by atoms with Crippen LogP contribution in [-0.2, 0) is 23.0 Å². The van der Waals surface area contributed by atoms with Gasteiger partial charge in [-0.25, -0.2) is 8.42 Å². The zero-order valence-corrected chi connectivity index (χ0v) is 18.3. The molecule has 30 heavy (non-hydrogen) atoms.